The van der Waals surface area contributed by atoms with Crippen molar-refractivity contribution < 1.29 is 14.3 Å². The van der Waals surface area contributed by atoms with Gasteiger partial charge in [-0.05, 0) is 49.2 Å². The lowest BCUT2D eigenvalue weighted by Crippen LogP contribution is -2.37. The Balaban J connectivity index is 1.78. The van der Waals surface area contributed by atoms with Crippen molar-refractivity contribution in [2.75, 3.05) is 0 Å². The molecule has 2 rings (SSSR count). The van der Waals surface area contributed by atoms with Crippen molar-refractivity contribution >= 4 is 18.0 Å². The molecule has 6 heteroatoms. The first-order valence-electron chi connectivity index (χ1n) is 7.96. The SMILES string of the molecule is CC(C)Oc1ccc(C=NNC(=O)C(=O)NCc2ccccc2)cc1. The van der Waals surface area contributed by atoms with Crippen LogP contribution in [-0.4, -0.2) is 24.1 Å². The summed E-state index contributed by atoms with van der Waals surface area (Å²) in [6, 6.07) is 16.6. The standard InChI is InChI=1S/C19H21N3O3/c1-14(2)25-17-10-8-16(9-11-17)13-21-22-19(24)18(23)20-12-15-6-4-3-5-7-15/h3-11,13-14H,12H2,1-2H3,(H,20,23)(H,22,24). The van der Waals surface area contributed by atoms with E-state index < -0.39 is 11.8 Å². The molecule has 0 atom stereocenters. The van der Waals surface area contributed by atoms with Crippen LogP contribution < -0.4 is 15.5 Å². The Morgan fingerprint density at radius 2 is 1.72 bits per heavy atom. The summed E-state index contributed by atoms with van der Waals surface area (Å²) in [5, 5.41) is 6.31. The highest BCUT2D eigenvalue weighted by Gasteiger charge is 2.11. The second kappa shape index (κ2) is 9.22. The maximum Gasteiger partial charge on any atom is 0.329 e. The predicted octanol–water partition coefficient (Wildman–Crippen LogP) is 2.24. The van der Waals surface area contributed by atoms with Crippen LogP contribution in [0.3, 0.4) is 0 Å². The van der Waals surface area contributed by atoms with Crippen molar-refractivity contribution in [2.24, 2.45) is 5.10 Å². The second-order valence-electron chi connectivity index (χ2n) is 5.60. The fourth-order valence-corrected chi connectivity index (χ4v) is 1.98. The van der Waals surface area contributed by atoms with Gasteiger partial charge in [-0.15, -0.1) is 0 Å². The van der Waals surface area contributed by atoms with Crippen LogP contribution >= 0.6 is 0 Å². The molecule has 0 saturated carbocycles. The van der Waals surface area contributed by atoms with E-state index in [-0.39, 0.29) is 12.6 Å². The van der Waals surface area contributed by atoms with E-state index in [0.29, 0.717) is 0 Å². The van der Waals surface area contributed by atoms with Crippen LogP contribution in [0.25, 0.3) is 0 Å². The molecule has 0 heterocycles. The first-order valence-corrected chi connectivity index (χ1v) is 7.96. The third kappa shape index (κ3) is 6.47. The quantitative estimate of drug-likeness (QED) is 0.481. The molecule has 2 aromatic rings. The number of amides is 2. The van der Waals surface area contributed by atoms with Crippen molar-refractivity contribution in [1.29, 1.82) is 0 Å². The Morgan fingerprint density at radius 3 is 2.36 bits per heavy atom. The lowest BCUT2D eigenvalue weighted by molar-refractivity contribution is -0.139. The third-order valence-corrected chi connectivity index (χ3v) is 3.13. The van der Waals surface area contributed by atoms with Gasteiger partial charge in [-0.25, -0.2) is 5.43 Å². The molecule has 0 aliphatic rings. The third-order valence-electron chi connectivity index (χ3n) is 3.13. The highest BCUT2D eigenvalue weighted by molar-refractivity contribution is 6.35. The van der Waals surface area contributed by atoms with E-state index in [1.165, 1.54) is 6.21 Å². The maximum absolute atomic E-state index is 11.7. The molecule has 130 valence electrons. The number of nitrogens with one attached hydrogen (secondary N) is 2. The summed E-state index contributed by atoms with van der Waals surface area (Å²) in [5.41, 5.74) is 3.89. The van der Waals surface area contributed by atoms with E-state index in [1.807, 2.05) is 68.4 Å². The van der Waals surface area contributed by atoms with Gasteiger partial charge in [-0.1, -0.05) is 30.3 Å². The smallest absolute Gasteiger partial charge is 0.329 e. The predicted molar refractivity (Wildman–Crippen MR) is 96.2 cm³/mol. The number of nitrogens with zero attached hydrogens (tertiary/aromatic N) is 1. The molecule has 6 nitrogen and oxygen atoms in total. The number of hydrazone groups is 1. The zero-order valence-electron chi connectivity index (χ0n) is 14.2. The molecule has 2 aromatic carbocycles. The van der Waals surface area contributed by atoms with Gasteiger partial charge >= 0.3 is 11.8 Å². The molecule has 2 N–H and O–H groups in total. The minimum atomic E-state index is -0.813. The van der Waals surface area contributed by atoms with Gasteiger partial charge in [0.15, 0.2) is 0 Å². The summed E-state index contributed by atoms with van der Waals surface area (Å²) in [4.78, 5) is 23.4. The first-order chi connectivity index (χ1) is 12.0. The van der Waals surface area contributed by atoms with Crippen LogP contribution in [0, 0.1) is 0 Å². The molecule has 0 saturated heterocycles. The Morgan fingerprint density at radius 1 is 1.04 bits per heavy atom. The van der Waals surface area contributed by atoms with Crippen LogP contribution in [0.1, 0.15) is 25.0 Å². The number of rotatable bonds is 6. The number of hydrogen-bond donors (Lipinski definition) is 2. The molecule has 0 aromatic heterocycles. The number of carbonyl (C=O) groups excluding carboxylic acids is 2. The highest BCUT2D eigenvalue weighted by Crippen LogP contribution is 2.12. The molecule has 0 fully saturated rings. The number of hydrogen-bond acceptors (Lipinski definition) is 4. The van der Waals surface area contributed by atoms with E-state index in [9.17, 15) is 9.59 Å². The van der Waals surface area contributed by atoms with E-state index in [1.54, 1.807) is 0 Å². The molecule has 2 amide bonds. The van der Waals surface area contributed by atoms with Gasteiger partial charge in [0.05, 0.1) is 12.3 Å². The number of benzene rings is 2. The largest absolute Gasteiger partial charge is 0.491 e. The lowest BCUT2D eigenvalue weighted by atomic mass is 10.2. The van der Waals surface area contributed by atoms with Gasteiger partial charge in [0.1, 0.15) is 5.75 Å². The Labute approximate surface area is 146 Å². The molecule has 0 radical (unpaired) electrons. The second-order valence-corrected chi connectivity index (χ2v) is 5.60. The maximum atomic E-state index is 11.7. The fourth-order valence-electron chi connectivity index (χ4n) is 1.98. The van der Waals surface area contributed by atoms with Crippen molar-refractivity contribution in [3.05, 3.63) is 65.7 Å². The molecule has 0 aliphatic carbocycles. The van der Waals surface area contributed by atoms with Crippen LogP contribution in [-0.2, 0) is 16.1 Å². The molecule has 0 unspecified atom stereocenters. The van der Waals surface area contributed by atoms with Crippen LogP contribution in [0.4, 0.5) is 0 Å². The van der Waals surface area contributed by atoms with Gasteiger partial charge in [-0.3, -0.25) is 9.59 Å². The monoisotopic (exact) mass is 339 g/mol. The van der Waals surface area contributed by atoms with Crippen molar-refractivity contribution in [3.63, 3.8) is 0 Å². The topological polar surface area (TPSA) is 79.8 Å². The minimum Gasteiger partial charge on any atom is -0.491 e. The Bertz CT molecular complexity index is 725. The van der Waals surface area contributed by atoms with Gasteiger partial charge in [0.2, 0.25) is 0 Å². The summed E-state index contributed by atoms with van der Waals surface area (Å²) in [7, 11) is 0. The molecular formula is C19H21N3O3. The van der Waals surface area contributed by atoms with Crippen LogP contribution in [0.2, 0.25) is 0 Å². The molecular weight excluding hydrogens is 318 g/mol. The van der Waals surface area contributed by atoms with Crippen molar-refractivity contribution in [2.45, 2.75) is 26.5 Å². The first kappa shape index (κ1) is 18.2. The molecule has 0 bridgehead atoms. The van der Waals surface area contributed by atoms with Gasteiger partial charge in [0, 0.05) is 6.54 Å². The molecule has 0 aliphatic heterocycles. The van der Waals surface area contributed by atoms with E-state index in [2.05, 4.69) is 15.8 Å². The van der Waals surface area contributed by atoms with Crippen LogP contribution in [0.15, 0.2) is 59.7 Å². The number of carbonyl (C=O) groups is 2. The van der Waals surface area contributed by atoms with E-state index in [4.69, 9.17) is 4.74 Å². The highest BCUT2D eigenvalue weighted by atomic mass is 16.5. The van der Waals surface area contributed by atoms with E-state index in [0.717, 1.165) is 16.9 Å². The number of ether oxygens (including phenoxy) is 1. The molecule has 25 heavy (non-hydrogen) atoms. The van der Waals surface area contributed by atoms with Gasteiger partial charge < -0.3 is 10.1 Å². The van der Waals surface area contributed by atoms with Crippen molar-refractivity contribution in [3.8, 4) is 5.75 Å². The average molecular weight is 339 g/mol. The summed E-state index contributed by atoms with van der Waals surface area (Å²) in [5.74, 6) is -0.787. The van der Waals surface area contributed by atoms with Gasteiger partial charge in [-0.2, -0.15) is 5.10 Å². The fraction of sp³-hybridized carbons (Fsp3) is 0.211. The Kier molecular flexibility index (Phi) is 6.71. The minimum absolute atomic E-state index is 0.105. The van der Waals surface area contributed by atoms with E-state index >= 15 is 0 Å². The zero-order chi connectivity index (χ0) is 18.1. The Hall–Kier alpha value is -3.15. The normalized spacial score (nSPS) is 10.7. The summed E-state index contributed by atoms with van der Waals surface area (Å²) in [6.45, 7) is 4.19. The molecule has 0 spiro atoms. The van der Waals surface area contributed by atoms with Crippen molar-refractivity contribution in [1.82, 2.24) is 10.7 Å². The van der Waals surface area contributed by atoms with Crippen LogP contribution in [0.5, 0.6) is 5.75 Å². The average Bonchev–Trinajstić information content (AvgIpc) is 2.61. The summed E-state index contributed by atoms with van der Waals surface area (Å²) < 4.78 is 5.54. The lowest BCUT2D eigenvalue weighted by Gasteiger charge is -2.09. The van der Waals surface area contributed by atoms with Gasteiger partial charge in [0.25, 0.3) is 0 Å². The zero-order valence-corrected chi connectivity index (χ0v) is 14.2. The summed E-state index contributed by atoms with van der Waals surface area (Å²) >= 11 is 0. The summed E-state index contributed by atoms with van der Waals surface area (Å²) in [6.07, 6.45) is 1.56.